The first-order valence-corrected chi connectivity index (χ1v) is 10.4. The summed E-state index contributed by atoms with van der Waals surface area (Å²) in [6.45, 7) is 11.9. The molecule has 2 aliphatic heterocycles. The molecule has 1 unspecified atom stereocenters. The molecule has 6 atom stereocenters. The summed E-state index contributed by atoms with van der Waals surface area (Å²) in [5.74, 6) is -1.01. The van der Waals surface area contributed by atoms with Crippen LogP contribution >= 0.6 is 0 Å². The average molecular weight is 391 g/mol. The SMILES string of the molecule is CC1=CC[C@H](C(C)C)[C@H]2C[C@@H](OC(=O)C(C)(C)C)C3(O)C=CC(=O)[C@H](C[C@@H]12)O3. The molecule has 0 saturated carbocycles. The number of allylic oxidation sites excluding steroid dienone is 2. The van der Waals surface area contributed by atoms with Gasteiger partial charge in [-0.25, -0.2) is 0 Å². The summed E-state index contributed by atoms with van der Waals surface area (Å²) in [6, 6.07) is 0. The smallest absolute Gasteiger partial charge is 0.311 e. The van der Waals surface area contributed by atoms with Crippen molar-refractivity contribution in [3.8, 4) is 0 Å². The third kappa shape index (κ3) is 3.97. The van der Waals surface area contributed by atoms with Gasteiger partial charge in [-0.3, -0.25) is 9.59 Å². The van der Waals surface area contributed by atoms with Gasteiger partial charge >= 0.3 is 5.97 Å². The molecule has 0 aromatic heterocycles. The number of esters is 1. The average Bonchev–Trinajstić information content (AvgIpc) is 2.58. The maximum atomic E-state index is 12.6. The first kappa shape index (κ1) is 21.3. The van der Waals surface area contributed by atoms with Crippen molar-refractivity contribution in [2.75, 3.05) is 0 Å². The van der Waals surface area contributed by atoms with Gasteiger partial charge < -0.3 is 14.6 Å². The molecule has 0 aromatic rings. The number of hydrogen-bond acceptors (Lipinski definition) is 5. The lowest BCUT2D eigenvalue weighted by Gasteiger charge is -2.48. The quantitative estimate of drug-likeness (QED) is 0.573. The van der Waals surface area contributed by atoms with Gasteiger partial charge in [0.05, 0.1) is 5.41 Å². The van der Waals surface area contributed by atoms with E-state index < -0.39 is 23.4 Å². The van der Waals surface area contributed by atoms with Gasteiger partial charge in [0.2, 0.25) is 5.79 Å². The maximum Gasteiger partial charge on any atom is 0.311 e. The molecule has 1 saturated heterocycles. The number of ketones is 1. The Kier molecular flexibility index (Phi) is 5.63. The Hall–Kier alpha value is -1.46. The van der Waals surface area contributed by atoms with Gasteiger partial charge in [0, 0.05) is 0 Å². The first-order chi connectivity index (χ1) is 12.9. The fraction of sp³-hybridized carbons (Fsp3) is 0.739. The van der Waals surface area contributed by atoms with E-state index in [1.54, 1.807) is 20.8 Å². The number of carbonyl (C=O) groups excluding carboxylic acids is 2. The summed E-state index contributed by atoms with van der Waals surface area (Å²) in [5.41, 5.74) is 0.574. The summed E-state index contributed by atoms with van der Waals surface area (Å²) in [6.07, 6.45) is 5.51. The van der Waals surface area contributed by atoms with Crippen LogP contribution in [0.3, 0.4) is 0 Å². The molecule has 3 rings (SSSR count). The predicted octanol–water partition coefficient (Wildman–Crippen LogP) is 3.81. The zero-order valence-corrected chi connectivity index (χ0v) is 17.9. The fourth-order valence-electron chi connectivity index (χ4n) is 4.82. The highest BCUT2D eigenvalue weighted by atomic mass is 16.7. The number of fused-ring (bicyclic) bond motifs is 3. The van der Waals surface area contributed by atoms with Crippen molar-refractivity contribution < 1.29 is 24.2 Å². The molecule has 1 N–H and O–H groups in total. The maximum absolute atomic E-state index is 12.6. The summed E-state index contributed by atoms with van der Waals surface area (Å²) in [7, 11) is 0. The number of aliphatic hydroxyl groups is 1. The second kappa shape index (κ2) is 7.42. The Bertz CT molecular complexity index is 698. The highest BCUT2D eigenvalue weighted by molar-refractivity contribution is 5.94. The minimum absolute atomic E-state index is 0.134. The molecular formula is C23H34O5. The lowest BCUT2D eigenvalue weighted by Crippen LogP contribution is -2.56. The number of hydrogen-bond donors (Lipinski definition) is 1. The molecule has 3 aliphatic rings. The zero-order chi connectivity index (χ0) is 20.9. The molecule has 156 valence electrons. The Labute approximate surface area is 168 Å². The number of rotatable bonds is 2. The summed E-state index contributed by atoms with van der Waals surface area (Å²) in [5, 5.41) is 11.2. The molecule has 2 heterocycles. The van der Waals surface area contributed by atoms with Gasteiger partial charge in [0.1, 0.15) is 6.10 Å². The van der Waals surface area contributed by atoms with Crippen LogP contribution in [-0.2, 0) is 19.1 Å². The van der Waals surface area contributed by atoms with Crippen LogP contribution in [-0.4, -0.2) is 34.9 Å². The third-order valence-electron chi connectivity index (χ3n) is 6.63. The zero-order valence-electron chi connectivity index (χ0n) is 17.9. The van der Waals surface area contributed by atoms with Crippen LogP contribution in [0.25, 0.3) is 0 Å². The summed E-state index contributed by atoms with van der Waals surface area (Å²) < 4.78 is 11.7. The van der Waals surface area contributed by atoms with Crippen molar-refractivity contribution in [1.82, 2.24) is 0 Å². The van der Waals surface area contributed by atoms with Crippen molar-refractivity contribution in [3.63, 3.8) is 0 Å². The lowest BCUT2D eigenvalue weighted by molar-refractivity contribution is -0.267. The van der Waals surface area contributed by atoms with E-state index in [-0.39, 0.29) is 23.6 Å². The van der Waals surface area contributed by atoms with Crippen molar-refractivity contribution >= 4 is 11.8 Å². The fourth-order valence-corrected chi connectivity index (χ4v) is 4.82. The number of carbonyl (C=O) groups is 2. The van der Waals surface area contributed by atoms with Gasteiger partial charge in [0.25, 0.3) is 0 Å². The van der Waals surface area contributed by atoms with E-state index in [0.29, 0.717) is 24.7 Å². The van der Waals surface area contributed by atoms with E-state index in [1.165, 1.54) is 17.7 Å². The van der Waals surface area contributed by atoms with E-state index in [2.05, 4.69) is 26.8 Å². The topological polar surface area (TPSA) is 72.8 Å². The van der Waals surface area contributed by atoms with Gasteiger partial charge in [0.15, 0.2) is 11.9 Å². The molecule has 5 heteroatoms. The highest BCUT2D eigenvalue weighted by Crippen LogP contribution is 2.48. The predicted molar refractivity (Wildman–Crippen MR) is 106 cm³/mol. The van der Waals surface area contributed by atoms with Crippen LogP contribution in [0.2, 0.25) is 0 Å². The lowest BCUT2D eigenvalue weighted by atomic mass is 9.63. The molecule has 1 fully saturated rings. The largest absolute Gasteiger partial charge is 0.456 e. The Morgan fingerprint density at radius 3 is 2.61 bits per heavy atom. The minimum atomic E-state index is -1.76. The van der Waals surface area contributed by atoms with Crippen LogP contribution < -0.4 is 0 Å². The van der Waals surface area contributed by atoms with Crippen LogP contribution in [0.15, 0.2) is 23.8 Å². The van der Waals surface area contributed by atoms with E-state index in [0.717, 1.165) is 6.42 Å². The molecule has 0 spiro atoms. The monoisotopic (exact) mass is 390 g/mol. The van der Waals surface area contributed by atoms with E-state index in [1.807, 2.05) is 0 Å². The summed E-state index contributed by atoms with van der Waals surface area (Å²) in [4.78, 5) is 25.1. The van der Waals surface area contributed by atoms with E-state index >= 15 is 0 Å². The number of ether oxygens (including phenoxy) is 2. The Balaban J connectivity index is 2.02. The van der Waals surface area contributed by atoms with Crippen LogP contribution in [0, 0.1) is 29.1 Å². The van der Waals surface area contributed by atoms with Crippen molar-refractivity contribution in [1.29, 1.82) is 0 Å². The van der Waals surface area contributed by atoms with Gasteiger partial charge in [-0.1, -0.05) is 25.5 Å². The second-order valence-corrected chi connectivity index (χ2v) is 10.1. The molecule has 0 aromatic carbocycles. The molecule has 0 radical (unpaired) electrons. The molecule has 1 aliphatic carbocycles. The first-order valence-electron chi connectivity index (χ1n) is 10.4. The van der Waals surface area contributed by atoms with Crippen molar-refractivity contribution in [3.05, 3.63) is 23.8 Å². The summed E-state index contributed by atoms with van der Waals surface area (Å²) >= 11 is 0. The highest BCUT2D eigenvalue weighted by Gasteiger charge is 2.51. The van der Waals surface area contributed by atoms with E-state index in [9.17, 15) is 14.7 Å². The minimum Gasteiger partial charge on any atom is -0.456 e. The Morgan fingerprint density at radius 2 is 2.00 bits per heavy atom. The van der Waals surface area contributed by atoms with Gasteiger partial charge in [-0.2, -0.15) is 0 Å². The molecule has 28 heavy (non-hydrogen) atoms. The van der Waals surface area contributed by atoms with Gasteiger partial charge in [-0.05, 0) is 82.8 Å². The molecule has 5 nitrogen and oxygen atoms in total. The Morgan fingerprint density at radius 1 is 1.32 bits per heavy atom. The van der Waals surface area contributed by atoms with Crippen LogP contribution in [0.5, 0.6) is 0 Å². The van der Waals surface area contributed by atoms with Crippen LogP contribution in [0.4, 0.5) is 0 Å². The molecule has 0 amide bonds. The third-order valence-corrected chi connectivity index (χ3v) is 6.63. The second-order valence-electron chi connectivity index (χ2n) is 10.1. The standard InChI is InChI=1S/C23H34O5/c1-13(2)15-8-7-14(3)16-11-19-18(24)9-10-23(26,28-19)20(12-17(15)16)27-21(25)22(4,5)6/h7,9-10,13,15-17,19-20,26H,8,11-12H2,1-6H3/t15-,16+,17-,19+,20-,23?/m1/s1. The van der Waals surface area contributed by atoms with Gasteiger partial charge in [-0.15, -0.1) is 0 Å². The van der Waals surface area contributed by atoms with Crippen LogP contribution in [0.1, 0.15) is 60.8 Å². The normalized spacial score (nSPS) is 38.4. The van der Waals surface area contributed by atoms with Crippen molar-refractivity contribution in [2.24, 2.45) is 29.1 Å². The molecule has 2 bridgehead atoms. The van der Waals surface area contributed by atoms with Crippen molar-refractivity contribution in [2.45, 2.75) is 78.8 Å². The molecular weight excluding hydrogens is 356 g/mol. The van der Waals surface area contributed by atoms with E-state index in [4.69, 9.17) is 9.47 Å².